The van der Waals surface area contributed by atoms with Gasteiger partial charge in [-0.25, -0.2) is 4.98 Å². The molecule has 0 aromatic carbocycles. The summed E-state index contributed by atoms with van der Waals surface area (Å²) < 4.78 is 0. The van der Waals surface area contributed by atoms with Crippen LogP contribution in [0.3, 0.4) is 0 Å². The van der Waals surface area contributed by atoms with Gasteiger partial charge in [0.25, 0.3) is 5.91 Å². The Kier molecular flexibility index (Phi) is 6.85. The molecule has 0 aliphatic carbocycles. The number of nitrogens with zero attached hydrogens (tertiary/aromatic N) is 1. The van der Waals surface area contributed by atoms with Gasteiger partial charge in [-0.05, 0) is 37.3 Å². The van der Waals surface area contributed by atoms with Crippen LogP contribution in [0.2, 0.25) is 5.15 Å². The van der Waals surface area contributed by atoms with Gasteiger partial charge < -0.3 is 5.32 Å². The molecular weight excluding hydrogens is 260 g/mol. The first-order valence-electron chi connectivity index (χ1n) is 6.97. The summed E-state index contributed by atoms with van der Waals surface area (Å²) in [6.45, 7) is 7.15. The summed E-state index contributed by atoms with van der Waals surface area (Å²) in [5.74, 6) is 0.605. The molecule has 0 atom stereocenters. The van der Waals surface area contributed by atoms with Gasteiger partial charge in [-0.1, -0.05) is 38.8 Å². The van der Waals surface area contributed by atoms with E-state index in [-0.39, 0.29) is 5.91 Å². The molecule has 0 radical (unpaired) electrons. The van der Waals surface area contributed by atoms with Gasteiger partial charge in [0, 0.05) is 17.8 Å². The number of aromatic nitrogens is 1. The highest BCUT2D eigenvalue weighted by Gasteiger charge is 2.08. The van der Waals surface area contributed by atoms with E-state index in [1.54, 1.807) is 6.07 Å². The molecule has 4 heteroatoms. The second kappa shape index (κ2) is 8.16. The number of nitrogens with one attached hydrogen (secondary N) is 1. The van der Waals surface area contributed by atoms with Crippen LogP contribution < -0.4 is 5.32 Å². The summed E-state index contributed by atoms with van der Waals surface area (Å²) in [7, 11) is 0. The summed E-state index contributed by atoms with van der Waals surface area (Å²) in [6, 6.07) is 3.45. The van der Waals surface area contributed by atoms with Gasteiger partial charge in [0.1, 0.15) is 5.15 Å². The van der Waals surface area contributed by atoms with Crippen LogP contribution in [0.25, 0.3) is 0 Å². The minimum Gasteiger partial charge on any atom is -0.352 e. The fourth-order valence-electron chi connectivity index (χ4n) is 1.88. The van der Waals surface area contributed by atoms with Gasteiger partial charge in [0.05, 0.1) is 0 Å². The van der Waals surface area contributed by atoms with Crippen LogP contribution in [0.15, 0.2) is 12.1 Å². The van der Waals surface area contributed by atoms with E-state index in [2.05, 4.69) is 31.1 Å². The molecule has 106 valence electrons. The number of amides is 1. The number of hydrogen-bond donors (Lipinski definition) is 1. The maximum Gasteiger partial charge on any atom is 0.251 e. The molecule has 0 bridgehead atoms. The molecule has 0 spiro atoms. The Hall–Kier alpha value is -1.09. The second-order valence-corrected chi connectivity index (χ2v) is 5.60. The van der Waals surface area contributed by atoms with Crippen LogP contribution in [-0.2, 0) is 6.42 Å². The predicted molar refractivity (Wildman–Crippen MR) is 79.6 cm³/mol. The van der Waals surface area contributed by atoms with E-state index >= 15 is 0 Å². The van der Waals surface area contributed by atoms with Crippen molar-refractivity contribution in [2.45, 2.75) is 46.5 Å². The van der Waals surface area contributed by atoms with Gasteiger partial charge in [-0.3, -0.25) is 4.79 Å². The standard InChI is InChI=1S/C15H23ClN2O/c1-4-6-13-9-12(10-14(16)18-13)15(19)17-8-5-7-11(2)3/h9-11H,4-8H2,1-3H3,(H,17,19). The Balaban J connectivity index is 2.56. The first kappa shape index (κ1) is 16.0. The maximum atomic E-state index is 12.0. The molecule has 0 aliphatic rings. The molecule has 1 heterocycles. The fourth-order valence-corrected chi connectivity index (χ4v) is 2.11. The smallest absolute Gasteiger partial charge is 0.251 e. The molecule has 3 nitrogen and oxygen atoms in total. The molecule has 0 fully saturated rings. The van der Waals surface area contributed by atoms with Crippen LogP contribution in [-0.4, -0.2) is 17.4 Å². The minimum absolute atomic E-state index is 0.0644. The molecule has 0 saturated carbocycles. The van der Waals surface area contributed by atoms with Crippen LogP contribution >= 0.6 is 11.6 Å². The van der Waals surface area contributed by atoms with Crippen molar-refractivity contribution in [2.75, 3.05) is 6.54 Å². The van der Waals surface area contributed by atoms with E-state index in [4.69, 9.17) is 11.6 Å². The summed E-state index contributed by atoms with van der Waals surface area (Å²) in [6.07, 6.45) is 3.96. The third-order valence-electron chi connectivity index (χ3n) is 2.86. The number of rotatable bonds is 7. The third-order valence-corrected chi connectivity index (χ3v) is 3.05. The summed E-state index contributed by atoms with van der Waals surface area (Å²) >= 11 is 5.94. The van der Waals surface area contributed by atoms with Crippen molar-refractivity contribution < 1.29 is 4.79 Å². The lowest BCUT2D eigenvalue weighted by Gasteiger charge is -2.08. The summed E-state index contributed by atoms with van der Waals surface area (Å²) in [5, 5.41) is 3.31. The molecule has 1 rings (SSSR count). The van der Waals surface area contributed by atoms with Crippen LogP contribution in [0.4, 0.5) is 0 Å². The second-order valence-electron chi connectivity index (χ2n) is 5.21. The number of halogens is 1. The zero-order chi connectivity index (χ0) is 14.3. The van der Waals surface area contributed by atoms with Crippen molar-refractivity contribution in [3.05, 3.63) is 28.5 Å². The van der Waals surface area contributed by atoms with E-state index in [1.165, 1.54) is 0 Å². The lowest BCUT2D eigenvalue weighted by Crippen LogP contribution is -2.25. The first-order valence-corrected chi connectivity index (χ1v) is 7.35. The average molecular weight is 283 g/mol. The normalized spacial score (nSPS) is 10.8. The number of hydrogen-bond acceptors (Lipinski definition) is 2. The number of aryl methyl sites for hydroxylation is 1. The topological polar surface area (TPSA) is 42.0 Å². The SMILES string of the molecule is CCCc1cc(C(=O)NCCCC(C)C)cc(Cl)n1. The highest BCUT2D eigenvalue weighted by atomic mass is 35.5. The highest BCUT2D eigenvalue weighted by Crippen LogP contribution is 2.12. The Morgan fingerprint density at radius 3 is 2.79 bits per heavy atom. The van der Waals surface area contributed by atoms with E-state index < -0.39 is 0 Å². The van der Waals surface area contributed by atoms with Gasteiger partial charge in [0.15, 0.2) is 0 Å². The largest absolute Gasteiger partial charge is 0.352 e. The van der Waals surface area contributed by atoms with Gasteiger partial charge >= 0.3 is 0 Å². The zero-order valence-corrected chi connectivity index (χ0v) is 12.8. The molecule has 0 aliphatic heterocycles. The molecule has 1 amide bonds. The zero-order valence-electron chi connectivity index (χ0n) is 12.0. The van der Waals surface area contributed by atoms with Crippen LogP contribution in [0.1, 0.15) is 56.1 Å². The van der Waals surface area contributed by atoms with Crippen molar-refractivity contribution >= 4 is 17.5 Å². The van der Waals surface area contributed by atoms with E-state index in [0.717, 1.165) is 31.4 Å². The molecule has 0 saturated heterocycles. The van der Waals surface area contributed by atoms with Crippen molar-refractivity contribution in [3.63, 3.8) is 0 Å². The average Bonchev–Trinajstić information content (AvgIpc) is 2.34. The minimum atomic E-state index is -0.0644. The Bertz CT molecular complexity index is 419. The lowest BCUT2D eigenvalue weighted by molar-refractivity contribution is 0.0952. The van der Waals surface area contributed by atoms with Gasteiger partial charge in [-0.2, -0.15) is 0 Å². The number of carbonyl (C=O) groups is 1. The van der Waals surface area contributed by atoms with Crippen molar-refractivity contribution in [3.8, 4) is 0 Å². The molecule has 1 N–H and O–H groups in total. The molecular formula is C15H23ClN2O. The van der Waals surface area contributed by atoms with E-state index in [9.17, 15) is 4.79 Å². The maximum absolute atomic E-state index is 12.0. The summed E-state index contributed by atoms with van der Waals surface area (Å²) in [5.41, 5.74) is 1.48. The van der Waals surface area contributed by atoms with Crippen LogP contribution in [0, 0.1) is 5.92 Å². The first-order chi connectivity index (χ1) is 9.02. The predicted octanol–water partition coefficient (Wildman–Crippen LogP) is 3.85. The Morgan fingerprint density at radius 1 is 1.42 bits per heavy atom. The van der Waals surface area contributed by atoms with Gasteiger partial charge in [0.2, 0.25) is 0 Å². The molecule has 19 heavy (non-hydrogen) atoms. The number of carbonyl (C=O) groups excluding carboxylic acids is 1. The quantitative estimate of drug-likeness (QED) is 0.610. The fraction of sp³-hybridized carbons (Fsp3) is 0.600. The van der Waals surface area contributed by atoms with Crippen molar-refractivity contribution in [1.29, 1.82) is 0 Å². The summed E-state index contributed by atoms with van der Waals surface area (Å²) in [4.78, 5) is 16.2. The van der Waals surface area contributed by atoms with Crippen LogP contribution in [0.5, 0.6) is 0 Å². The Morgan fingerprint density at radius 2 is 2.16 bits per heavy atom. The van der Waals surface area contributed by atoms with E-state index in [0.29, 0.717) is 23.2 Å². The molecule has 0 unspecified atom stereocenters. The monoisotopic (exact) mass is 282 g/mol. The number of pyridine rings is 1. The van der Waals surface area contributed by atoms with Crippen molar-refractivity contribution in [2.24, 2.45) is 5.92 Å². The van der Waals surface area contributed by atoms with Crippen molar-refractivity contribution in [1.82, 2.24) is 10.3 Å². The van der Waals surface area contributed by atoms with Gasteiger partial charge in [-0.15, -0.1) is 0 Å². The highest BCUT2D eigenvalue weighted by molar-refractivity contribution is 6.29. The van der Waals surface area contributed by atoms with E-state index in [1.807, 2.05) is 6.07 Å². The third kappa shape index (κ3) is 6.06. The molecule has 1 aromatic heterocycles. The lowest BCUT2D eigenvalue weighted by atomic mass is 10.1. The molecule has 1 aromatic rings. The Labute approximate surface area is 120 Å².